The van der Waals surface area contributed by atoms with Crippen molar-refractivity contribution in [2.75, 3.05) is 39.4 Å². The number of carbonyl (C=O) groups excluding carboxylic acids is 1. The molecular formula is C16H22FN3O2. The molecule has 2 saturated heterocycles. The smallest absolute Gasteiger partial charge is 0.261 e. The lowest BCUT2D eigenvalue weighted by molar-refractivity contribution is -0.152. The van der Waals surface area contributed by atoms with Crippen LogP contribution in [0.1, 0.15) is 18.4 Å². The van der Waals surface area contributed by atoms with Gasteiger partial charge in [0, 0.05) is 38.6 Å². The van der Waals surface area contributed by atoms with E-state index in [9.17, 15) is 4.79 Å². The fraction of sp³-hybridized carbons (Fsp3) is 0.625. The molecule has 120 valence electrons. The van der Waals surface area contributed by atoms with Crippen LogP contribution in [-0.2, 0) is 16.1 Å². The minimum absolute atomic E-state index is 0.165. The number of pyridine rings is 1. The van der Waals surface area contributed by atoms with Crippen molar-refractivity contribution in [2.45, 2.75) is 25.1 Å². The number of alkyl halides is 1. The number of hydrogen-bond donors (Lipinski definition) is 0. The Hall–Kier alpha value is -1.53. The average Bonchev–Trinajstić information content (AvgIpc) is 2.56. The molecule has 0 radical (unpaired) electrons. The van der Waals surface area contributed by atoms with E-state index in [0.717, 1.165) is 12.1 Å². The van der Waals surface area contributed by atoms with Crippen LogP contribution in [0.15, 0.2) is 24.5 Å². The Kier molecular flexibility index (Phi) is 4.69. The van der Waals surface area contributed by atoms with Crippen molar-refractivity contribution in [1.29, 1.82) is 0 Å². The van der Waals surface area contributed by atoms with Crippen molar-refractivity contribution in [1.82, 2.24) is 14.8 Å². The summed E-state index contributed by atoms with van der Waals surface area (Å²) in [7, 11) is 0. The Morgan fingerprint density at radius 3 is 2.91 bits per heavy atom. The van der Waals surface area contributed by atoms with Gasteiger partial charge < -0.3 is 9.64 Å². The predicted molar refractivity (Wildman–Crippen MR) is 80.0 cm³/mol. The van der Waals surface area contributed by atoms with E-state index in [1.165, 1.54) is 0 Å². The van der Waals surface area contributed by atoms with E-state index in [1.807, 2.05) is 17.0 Å². The van der Waals surface area contributed by atoms with Crippen LogP contribution in [0.5, 0.6) is 0 Å². The molecule has 2 aliphatic rings. The highest BCUT2D eigenvalue weighted by Crippen LogP contribution is 2.28. The second-order valence-electron chi connectivity index (χ2n) is 6.05. The third-order valence-corrected chi connectivity index (χ3v) is 4.33. The first-order valence-corrected chi connectivity index (χ1v) is 7.85. The molecular weight excluding hydrogens is 285 g/mol. The van der Waals surface area contributed by atoms with Gasteiger partial charge in [-0.3, -0.25) is 14.7 Å². The van der Waals surface area contributed by atoms with Crippen LogP contribution < -0.4 is 0 Å². The third-order valence-electron chi connectivity index (χ3n) is 4.33. The van der Waals surface area contributed by atoms with Gasteiger partial charge in [-0.2, -0.15) is 0 Å². The Morgan fingerprint density at radius 1 is 1.36 bits per heavy atom. The highest BCUT2D eigenvalue weighted by atomic mass is 19.1. The molecule has 2 aliphatic heterocycles. The summed E-state index contributed by atoms with van der Waals surface area (Å²) in [6.45, 7) is 3.60. The highest BCUT2D eigenvalue weighted by Gasteiger charge is 2.45. The number of aromatic nitrogens is 1. The number of likely N-dealkylation sites (tertiary alicyclic amines) is 1. The number of piperidine rings is 1. The standard InChI is InChI=1S/C16H22FN3O2/c17-16(15(21)20-7-9-22-10-8-20)4-2-6-19(13-16)12-14-3-1-5-18-11-14/h1,3,5,11H,2,4,6-10,12-13H2. The Labute approximate surface area is 130 Å². The molecule has 3 heterocycles. The molecule has 1 unspecified atom stereocenters. The topological polar surface area (TPSA) is 45.7 Å². The second kappa shape index (κ2) is 6.71. The van der Waals surface area contributed by atoms with Gasteiger partial charge >= 0.3 is 0 Å². The van der Waals surface area contributed by atoms with Crippen molar-refractivity contribution in [3.8, 4) is 0 Å². The molecule has 1 aromatic heterocycles. The van der Waals surface area contributed by atoms with Crippen LogP contribution in [0.3, 0.4) is 0 Å². The molecule has 1 amide bonds. The molecule has 6 heteroatoms. The highest BCUT2D eigenvalue weighted by molar-refractivity contribution is 5.85. The molecule has 1 atom stereocenters. The first kappa shape index (κ1) is 15.4. The van der Waals surface area contributed by atoms with E-state index in [1.54, 1.807) is 17.3 Å². The molecule has 5 nitrogen and oxygen atoms in total. The number of morpholine rings is 1. The van der Waals surface area contributed by atoms with E-state index < -0.39 is 5.67 Å². The van der Waals surface area contributed by atoms with Gasteiger partial charge in [-0.15, -0.1) is 0 Å². The zero-order valence-electron chi connectivity index (χ0n) is 12.7. The maximum Gasteiger partial charge on any atom is 0.261 e. The monoisotopic (exact) mass is 307 g/mol. The lowest BCUT2D eigenvalue weighted by Crippen LogP contribution is -2.57. The van der Waals surface area contributed by atoms with Gasteiger partial charge in [-0.1, -0.05) is 6.07 Å². The van der Waals surface area contributed by atoms with Gasteiger partial charge in [0.2, 0.25) is 5.67 Å². The van der Waals surface area contributed by atoms with E-state index >= 15 is 4.39 Å². The summed E-state index contributed by atoms with van der Waals surface area (Å²) in [5.41, 5.74) is -0.719. The van der Waals surface area contributed by atoms with Crippen LogP contribution >= 0.6 is 0 Å². The molecule has 2 fully saturated rings. The fourth-order valence-corrected chi connectivity index (χ4v) is 3.20. The van der Waals surface area contributed by atoms with Crippen LogP contribution in [0.4, 0.5) is 4.39 Å². The number of ether oxygens (including phenoxy) is 1. The van der Waals surface area contributed by atoms with Crippen molar-refractivity contribution < 1.29 is 13.9 Å². The number of nitrogens with zero attached hydrogens (tertiary/aromatic N) is 3. The number of halogens is 1. The number of carbonyl (C=O) groups is 1. The zero-order valence-corrected chi connectivity index (χ0v) is 12.7. The van der Waals surface area contributed by atoms with Gasteiger partial charge in [0.1, 0.15) is 0 Å². The van der Waals surface area contributed by atoms with Gasteiger partial charge in [0.25, 0.3) is 5.91 Å². The quantitative estimate of drug-likeness (QED) is 0.843. The second-order valence-corrected chi connectivity index (χ2v) is 6.05. The molecule has 3 rings (SSSR count). The van der Waals surface area contributed by atoms with Gasteiger partial charge in [0.05, 0.1) is 13.2 Å². The maximum absolute atomic E-state index is 15.2. The van der Waals surface area contributed by atoms with Crippen LogP contribution in [-0.4, -0.2) is 65.8 Å². The van der Waals surface area contributed by atoms with Crippen molar-refractivity contribution in [3.63, 3.8) is 0 Å². The average molecular weight is 307 g/mol. The van der Waals surface area contributed by atoms with E-state index in [0.29, 0.717) is 45.7 Å². The zero-order chi connectivity index (χ0) is 15.4. The first-order chi connectivity index (χ1) is 10.7. The van der Waals surface area contributed by atoms with Crippen LogP contribution in [0.2, 0.25) is 0 Å². The lowest BCUT2D eigenvalue weighted by atomic mass is 9.92. The van der Waals surface area contributed by atoms with Gasteiger partial charge in [-0.05, 0) is 31.0 Å². The summed E-state index contributed by atoms with van der Waals surface area (Å²) >= 11 is 0. The molecule has 0 aliphatic carbocycles. The minimum Gasteiger partial charge on any atom is -0.378 e. The van der Waals surface area contributed by atoms with Crippen molar-refractivity contribution in [3.05, 3.63) is 30.1 Å². The Morgan fingerprint density at radius 2 is 2.18 bits per heavy atom. The maximum atomic E-state index is 15.2. The van der Waals surface area contributed by atoms with Crippen molar-refractivity contribution in [2.24, 2.45) is 0 Å². The molecule has 22 heavy (non-hydrogen) atoms. The summed E-state index contributed by atoms with van der Waals surface area (Å²) in [5.74, 6) is -0.369. The molecule has 0 spiro atoms. The van der Waals surface area contributed by atoms with E-state index in [4.69, 9.17) is 4.74 Å². The number of amides is 1. The lowest BCUT2D eigenvalue weighted by Gasteiger charge is -2.40. The van der Waals surface area contributed by atoms with Crippen LogP contribution in [0.25, 0.3) is 0 Å². The number of rotatable bonds is 3. The van der Waals surface area contributed by atoms with Gasteiger partial charge in [0.15, 0.2) is 0 Å². The summed E-state index contributed by atoms with van der Waals surface area (Å²) in [4.78, 5) is 20.2. The fourth-order valence-electron chi connectivity index (χ4n) is 3.20. The number of hydrogen-bond acceptors (Lipinski definition) is 4. The van der Waals surface area contributed by atoms with E-state index in [-0.39, 0.29) is 12.5 Å². The predicted octanol–water partition coefficient (Wildman–Crippen LogP) is 1.24. The summed E-state index contributed by atoms with van der Waals surface area (Å²) in [6.07, 6.45) is 4.53. The normalized spacial score (nSPS) is 26.9. The Bertz CT molecular complexity index is 507. The molecule has 0 bridgehead atoms. The first-order valence-electron chi connectivity index (χ1n) is 7.85. The Balaban J connectivity index is 1.64. The van der Waals surface area contributed by atoms with Crippen LogP contribution in [0, 0.1) is 0 Å². The minimum atomic E-state index is -1.77. The van der Waals surface area contributed by atoms with E-state index in [2.05, 4.69) is 4.98 Å². The van der Waals surface area contributed by atoms with Crippen molar-refractivity contribution >= 4 is 5.91 Å². The van der Waals surface area contributed by atoms with Gasteiger partial charge in [-0.25, -0.2) is 4.39 Å². The largest absolute Gasteiger partial charge is 0.378 e. The molecule has 0 saturated carbocycles. The summed E-state index contributed by atoms with van der Waals surface area (Å²) in [6, 6.07) is 3.85. The molecule has 0 N–H and O–H groups in total. The summed E-state index contributed by atoms with van der Waals surface area (Å²) < 4.78 is 20.5. The molecule has 0 aromatic carbocycles. The summed E-state index contributed by atoms with van der Waals surface area (Å²) in [5, 5.41) is 0. The molecule has 1 aromatic rings. The third kappa shape index (κ3) is 3.44. The SMILES string of the molecule is O=C(N1CCOCC1)C1(F)CCCN(Cc2cccnc2)C1.